The van der Waals surface area contributed by atoms with Crippen molar-refractivity contribution in [3.63, 3.8) is 0 Å². The average Bonchev–Trinajstić information content (AvgIpc) is 2.59. The van der Waals surface area contributed by atoms with Crippen molar-refractivity contribution in [3.05, 3.63) is 35.4 Å². The summed E-state index contributed by atoms with van der Waals surface area (Å²) in [5.74, 6) is 2.69. The molecule has 1 fully saturated rings. The summed E-state index contributed by atoms with van der Waals surface area (Å²) in [6.45, 7) is 6.87. The van der Waals surface area contributed by atoms with Crippen LogP contribution in [0.5, 0.6) is 0 Å². The maximum Gasteiger partial charge on any atom is 0.0245 e. The Hall–Kier alpha value is -1.26. The second kappa shape index (κ2) is 4.31. The van der Waals surface area contributed by atoms with E-state index in [1.165, 1.54) is 24.9 Å². The molecule has 1 aliphatic rings. The van der Waals surface area contributed by atoms with E-state index >= 15 is 0 Å². The van der Waals surface area contributed by atoms with Gasteiger partial charge in [0.1, 0.15) is 0 Å². The van der Waals surface area contributed by atoms with E-state index < -0.39 is 0 Å². The minimum Gasteiger partial charge on any atom is -0.294 e. The topological polar surface area (TPSA) is 3.24 Å². The number of terminal acetylenes is 1. The van der Waals surface area contributed by atoms with Crippen LogP contribution in [0.15, 0.2) is 24.3 Å². The molecule has 0 spiro atoms. The van der Waals surface area contributed by atoms with Crippen LogP contribution in [0.25, 0.3) is 0 Å². The minimum atomic E-state index is 0.339. The largest absolute Gasteiger partial charge is 0.294 e. The van der Waals surface area contributed by atoms with Gasteiger partial charge < -0.3 is 0 Å². The van der Waals surface area contributed by atoms with E-state index in [1.807, 2.05) is 12.1 Å². The van der Waals surface area contributed by atoms with Gasteiger partial charge >= 0.3 is 0 Å². The monoisotopic (exact) mass is 213 g/mol. The molecular formula is C15H19N. The zero-order valence-corrected chi connectivity index (χ0v) is 10.2. The number of benzene rings is 1. The highest BCUT2D eigenvalue weighted by atomic mass is 15.2. The van der Waals surface area contributed by atoms with Crippen molar-refractivity contribution in [1.29, 1.82) is 0 Å². The molecule has 1 heteroatoms. The van der Waals surface area contributed by atoms with Crippen LogP contribution in [0, 0.1) is 12.3 Å². The van der Waals surface area contributed by atoms with E-state index in [-0.39, 0.29) is 0 Å². The predicted octanol–water partition coefficient (Wildman–Crippen LogP) is 3.04. The lowest BCUT2D eigenvalue weighted by molar-refractivity contribution is 0.166. The molecule has 0 radical (unpaired) electrons. The molecule has 0 aliphatic carbocycles. The molecule has 0 aromatic heterocycles. The van der Waals surface area contributed by atoms with Crippen molar-refractivity contribution < 1.29 is 0 Å². The highest BCUT2D eigenvalue weighted by Crippen LogP contribution is 2.29. The summed E-state index contributed by atoms with van der Waals surface area (Å²) in [6.07, 6.45) is 8.02. The Morgan fingerprint density at radius 3 is 2.88 bits per heavy atom. The fourth-order valence-electron chi connectivity index (χ4n) is 2.44. The van der Waals surface area contributed by atoms with Crippen LogP contribution in [0.4, 0.5) is 0 Å². The molecule has 1 aliphatic heterocycles. The molecular weight excluding hydrogens is 194 g/mol. The van der Waals surface area contributed by atoms with Crippen molar-refractivity contribution in [2.24, 2.45) is 0 Å². The van der Waals surface area contributed by atoms with E-state index in [0.29, 0.717) is 5.54 Å². The molecule has 1 aromatic rings. The second-order valence-corrected chi connectivity index (χ2v) is 5.18. The molecule has 0 atom stereocenters. The zero-order chi connectivity index (χ0) is 11.6. The standard InChI is InChI=1S/C15H19N/c1-4-13-7-5-8-14(11-13)12-16-10-6-9-15(16,2)3/h1,5,7-8,11H,6,9-10,12H2,2-3H3. The van der Waals surface area contributed by atoms with Gasteiger partial charge in [0.05, 0.1) is 0 Å². The van der Waals surface area contributed by atoms with Crippen molar-refractivity contribution in [2.75, 3.05) is 6.54 Å². The molecule has 1 heterocycles. The predicted molar refractivity (Wildman–Crippen MR) is 68.1 cm³/mol. The van der Waals surface area contributed by atoms with Gasteiger partial charge in [-0.1, -0.05) is 18.1 Å². The molecule has 2 rings (SSSR count). The molecule has 0 amide bonds. The number of hydrogen-bond donors (Lipinski definition) is 0. The van der Waals surface area contributed by atoms with Crippen molar-refractivity contribution in [1.82, 2.24) is 4.90 Å². The first-order valence-corrected chi connectivity index (χ1v) is 5.92. The lowest BCUT2D eigenvalue weighted by Crippen LogP contribution is -2.37. The minimum absolute atomic E-state index is 0.339. The summed E-state index contributed by atoms with van der Waals surface area (Å²) >= 11 is 0. The lowest BCUT2D eigenvalue weighted by Gasteiger charge is -2.31. The third kappa shape index (κ3) is 2.28. The first-order valence-electron chi connectivity index (χ1n) is 5.92. The van der Waals surface area contributed by atoms with Crippen LogP contribution in [0.1, 0.15) is 37.8 Å². The van der Waals surface area contributed by atoms with Gasteiger partial charge in [-0.2, -0.15) is 0 Å². The van der Waals surface area contributed by atoms with E-state index in [4.69, 9.17) is 6.42 Å². The summed E-state index contributed by atoms with van der Waals surface area (Å²) in [6, 6.07) is 8.32. The van der Waals surface area contributed by atoms with Crippen LogP contribution in [-0.4, -0.2) is 17.0 Å². The summed E-state index contributed by atoms with van der Waals surface area (Å²) in [7, 11) is 0. The Morgan fingerprint density at radius 1 is 1.44 bits per heavy atom. The smallest absolute Gasteiger partial charge is 0.0245 e. The van der Waals surface area contributed by atoms with E-state index in [2.05, 4.69) is 36.8 Å². The number of hydrogen-bond acceptors (Lipinski definition) is 1. The SMILES string of the molecule is C#Cc1cccc(CN2CCCC2(C)C)c1. The van der Waals surface area contributed by atoms with Crippen molar-refractivity contribution in [3.8, 4) is 12.3 Å². The van der Waals surface area contributed by atoms with Crippen LogP contribution in [-0.2, 0) is 6.54 Å². The average molecular weight is 213 g/mol. The van der Waals surface area contributed by atoms with Crippen LogP contribution < -0.4 is 0 Å². The Bertz CT molecular complexity index is 412. The summed E-state index contributed by atoms with van der Waals surface area (Å²) in [5, 5.41) is 0. The van der Waals surface area contributed by atoms with Gasteiger partial charge in [-0.15, -0.1) is 6.42 Å². The Balaban J connectivity index is 2.12. The molecule has 1 aromatic carbocycles. The second-order valence-electron chi connectivity index (χ2n) is 5.18. The summed E-state index contributed by atoms with van der Waals surface area (Å²) < 4.78 is 0. The van der Waals surface area contributed by atoms with Crippen LogP contribution in [0.2, 0.25) is 0 Å². The van der Waals surface area contributed by atoms with Crippen LogP contribution in [0.3, 0.4) is 0 Å². The molecule has 0 saturated carbocycles. The summed E-state index contributed by atoms with van der Waals surface area (Å²) in [4.78, 5) is 2.54. The van der Waals surface area contributed by atoms with E-state index in [0.717, 1.165) is 12.1 Å². The number of nitrogens with zero attached hydrogens (tertiary/aromatic N) is 1. The first-order chi connectivity index (χ1) is 7.62. The van der Waals surface area contributed by atoms with Gasteiger partial charge in [0.15, 0.2) is 0 Å². The quantitative estimate of drug-likeness (QED) is 0.682. The first kappa shape index (κ1) is 11.2. The van der Waals surface area contributed by atoms with E-state index in [1.54, 1.807) is 0 Å². The maximum absolute atomic E-state index is 5.42. The summed E-state index contributed by atoms with van der Waals surface area (Å²) in [5.41, 5.74) is 2.64. The molecule has 1 nitrogen and oxygen atoms in total. The van der Waals surface area contributed by atoms with Gasteiger partial charge in [-0.05, 0) is 50.9 Å². The van der Waals surface area contributed by atoms with Gasteiger partial charge in [0, 0.05) is 17.6 Å². The van der Waals surface area contributed by atoms with Crippen LogP contribution >= 0.6 is 0 Å². The van der Waals surface area contributed by atoms with Crippen molar-refractivity contribution >= 4 is 0 Å². The number of rotatable bonds is 2. The Labute approximate surface area is 98.5 Å². The van der Waals surface area contributed by atoms with Gasteiger partial charge in [0.25, 0.3) is 0 Å². The third-order valence-corrected chi connectivity index (χ3v) is 3.54. The van der Waals surface area contributed by atoms with Gasteiger partial charge in [-0.25, -0.2) is 0 Å². The highest BCUT2D eigenvalue weighted by molar-refractivity contribution is 5.35. The molecule has 0 unspecified atom stereocenters. The molecule has 1 saturated heterocycles. The normalized spacial score (nSPS) is 19.6. The third-order valence-electron chi connectivity index (χ3n) is 3.54. The fourth-order valence-corrected chi connectivity index (χ4v) is 2.44. The van der Waals surface area contributed by atoms with E-state index in [9.17, 15) is 0 Å². The highest BCUT2D eigenvalue weighted by Gasteiger charge is 2.31. The molecule has 0 bridgehead atoms. The zero-order valence-electron chi connectivity index (χ0n) is 10.2. The van der Waals surface area contributed by atoms with Gasteiger partial charge in [-0.3, -0.25) is 4.90 Å². The Kier molecular flexibility index (Phi) is 3.03. The molecule has 84 valence electrons. The number of likely N-dealkylation sites (tertiary alicyclic amines) is 1. The van der Waals surface area contributed by atoms with Gasteiger partial charge in [0.2, 0.25) is 0 Å². The Morgan fingerprint density at radius 2 is 2.25 bits per heavy atom. The fraction of sp³-hybridized carbons (Fsp3) is 0.467. The lowest BCUT2D eigenvalue weighted by atomic mass is 10.0. The van der Waals surface area contributed by atoms with Crippen molar-refractivity contribution in [2.45, 2.75) is 38.8 Å². The maximum atomic E-state index is 5.42. The molecule has 16 heavy (non-hydrogen) atoms. The molecule has 0 N–H and O–H groups in total.